The second-order valence-electron chi connectivity index (χ2n) is 4.55. The summed E-state index contributed by atoms with van der Waals surface area (Å²) in [6, 6.07) is 5.86. The molecule has 0 spiro atoms. The first-order valence-electron chi connectivity index (χ1n) is 6.24. The van der Waals surface area contributed by atoms with Crippen LogP contribution in [0.4, 0.5) is 4.79 Å². The lowest BCUT2D eigenvalue weighted by molar-refractivity contribution is -0.139. The molecule has 106 valence electrons. The quantitative estimate of drug-likeness (QED) is 0.717. The second kappa shape index (κ2) is 7.19. The summed E-state index contributed by atoms with van der Waals surface area (Å²) in [6.07, 6.45) is 5.01. The highest BCUT2D eigenvalue weighted by atomic mass is 16.4. The van der Waals surface area contributed by atoms with Crippen LogP contribution in [0.2, 0.25) is 0 Å². The van der Waals surface area contributed by atoms with Crippen molar-refractivity contribution in [3.05, 3.63) is 35.4 Å². The number of benzene rings is 1. The highest BCUT2D eigenvalue weighted by Gasteiger charge is 2.19. The Morgan fingerprint density at radius 1 is 1.30 bits per heavy atom. The first kappa shape index (κ1) is 15.6. The van der Waals surface area contributed by atoms with Gasteiger partial charge in [-0.15, -0.1) is 12.3 Å². The van der Waals surface area contributed by atoms with Crippen LogP contribution < -0.4 is 10.6 Å². The molecule has 2 amide bonds. The number of terminal acetylenes is 1. The molecule has 3 N–H and O–H groups in total. The van der Waals surface area contributed by atoms with E-state index in [1.54, 1.807) is 0 Å². The lowest BCUT2D eigenvalue weighted by Gasteiger charge is -2.17. The Hall–Kier alpha value is -2.48. The smallest absolute Gasteiger partial charge is 0.327 e. The molecule has 1 rings (SSSR count). The fraction of sp³-hybridized carbons (Fsp3) is 0.333. The molecular formula is C15H18N2O3. The third-order valence-corrected chi connectivity index (χ3v) is 2.85. The number of urea groups is 1. The average Bonchev–Trinajstić information content (AvgIpc) is 2.38. The molecule has 0 heterocycles. The number of carboxylic acids is 1. The van der Waals surface area contributed by atoms with Crippen LogP contribution in [0.5, 0.6) is 0 Å². The summed E-state index contributed by atoms with van der Waals surface area (Å²) < 4.78 is 0. The summed E-state index contributed by atoms with van der Waals surface area (Å²) in [4.78, 5) is 22.6. The van der Waals surface area contributed by atoms with Crippen molar-refractivity contribution in [3.63, 3.8) is 0 Å². The van der Waals surface area contributed by atoms with Crippen molar-refractivity contribution in [2.45, 2.75) is 32.4 Å². The van der Waals surface area contributed by atoms with Crippen LogP contribution in [-0.2, 0) is 4.79 Å². The number of aliphatic carboxylic acids is 1. The minimum Gasteiger partial charge on any atom is -0.480 e. The SMILES string of the molecule is C#CCC(NC(=O)NC(C)c1ccc(C)cc1)C(=O)O. The number of amides is 2. The zero-order valence-electron chi connectivity index (χ0n) is 11.5. The monoisotopic (exact) mass is 274 g/mol. The van der Waals surface area contributed by atoms with Gasteiger partial charge in [-0.1, -0.05) is 29.8 Å². The minimum atomic E-state index is -1.15. The van der Waals surface area contributed by atoms with Crippen molar-refractivity contribution in [3.8, 4) is 12.3 Å². The number of hydrogen-bond donors (Lipinski definition) is 3. The molecular weight excluding hydrogens is 256 g/mol. The molecule has 5 nitrogen and oxygen atoms in total. The maximum atomic E-state index is 11.7. The Morgan fingerprint density at radius 3 is 2.40 bits per heavy atom. The second-order valence-corrected chi connectivity index (χ2v) is 4.55. The Balaban J connectivity index is 2.59. The van der Waals surface area contributed by atoms with Crippen LogP contribution in [0, 0.1) is 19.3 Å². The van der Waals surface area contributed by atoms with E-state index in [-0.39, 0.29) is 12.5 Å². The van der Waals surface area contributed by atoms with E-state index in [0.29, 0.717) is 0 Å². The van der Waals surface area contributed by atoms with E-state index in [4.69, 9.17) is 11.5 Å². The molecule has 0 saturated carbocycles. The molecule has 2 unspecified atom stereocenters. The summed E-state index contributed by atoms with van der Waals surface area (Å²) in [7, 11) is 0. The number of aryl methyl sites for hydroxylation is 1. The largest absolute Gasteiger partial charge is 0.480 e. The lowest BCUT2D eigenvalue weighted by atomic mass is 10.1. The van der Waals surface area contributed by atoms with E-state index < -0.39 is 18.0 Å². The Kier molecular flexibility index (Phi) is 5.60. The summed E-state index contributed by atoms with van der Waals surface area (Å²) in [6.45, 7) is 3.80. The molecule has 0 aliphatic carbocycles. The van der Waals surface area contributed by atoms with Gasteiger partial charge in [0.05, 0.1) is 6.04 Å². The van der Waals surface area contributed by atoms with Crippen molar-refractivity contribution >= 4 is 12.0 Å². The van der Waals surface area contributed by atoms with Gasteiger partial charge in [-0.3, -0.25) is 0 Å². The van der Waals surface area contributed by atoms with Gasteiger partial charge in [0.15, 0.2) is 0 Å². The molecule has 0 aliphatic heterocycles. The molecule has 0 saturated heterocycles. The van der Waals surface area contributed by atoms with Crippen LogP contribution in [0.1, 0.15) is 30.5 Å². The third-order valence-electron chi connectivity index (χ3n) is 2.85. The molecule has 0 fully saturated rings. The first-order chi connectivity index (χ1) is 9.43. The van der Waals surface area contributed by atoms with Gasteiger partial charge in [0.25, 0.3) is 0 Å². The van der Waals surface area contributed by atoms with Gasteiger partial charge in [0.2, 0.25) is 0 Å². The summed E-state index contributed by atoms with van der Waals surface area (Å²) in [5.74, 6) is 1.07. The highest BCUT2D eigenvalue weighted by Crippen LogP contribution is 2.12. The van der Waals surface area contributed by atoms with Gasteiger partial charge in [0.1, 0.15) is 6.04 Å². The summed E-state index contributed by atoms with van der Waals surface area (Å²) in [5.41, 5.74) is 2.07. The van der Waals surface area contributed by atoms with Crippen LogP contribution in [0.15, 0.2) is 24.3 Å². The molecule has 0 aliphatic rings. The van der Waals surface area contributed by atoms with Gasteiger partial charge >= 0.3 is 12.0 Å². The molecule has 0 aromatic heterocycles. The third kappa shape index (κ3) is 4.65. The molecule has 20 heavy (non-hydrogen) atoms. The minimum absolute atomic E-state index is 0.0539. The van der Waals surface area contributed by atoms with Gasteiger partial charge in [-0.25, -0.2) is 9.59 Å². The van der Waals surface area contributed by atoms with E-state index in [0.717, 1.165) is 11.1 Å². The molecule has 0 radical (unpaired) electrons. The zero-order chi connectivity index (χ0) is 15.1. The van der Waals surface area contributed by atoms with Gasteiger partial charge in [0, 0.05) is 6.42 Å². The molecule has 0 bridgehead atoms. The van der Waals surface area contributed by atoms with Crippen LogP contribution in [-0.4, -0.2) is 23.1 Å². The van der Waals surface area contributed by atoms with Crippen molar-refractivity contribution < 1.29 is 14.7 Å². The predicted octanol–water partition coefficient (Wildman–Crippen LogP) is 1.83. The Labute approximate surface area is 118 Å². The van der Waals surface area contributed by atoms with E-state index >= 15 is 0 Å². The number of carbonyl (C=O) groups is 2. The van der Waals surface area contributed by atoms with E-state index in [9.17, 15) is 9.59 Å². The first-order valence-corrected chi connectivity index (χ1v) is 6.24. The van der Waals surface area contributed by atoms with E-state index in [2.05, 4.69) is 16.6 Å². The van der Waals surface area contributed by atoms with Crippen molar-refractivity contribution in [2.24, 2.45) is 0 Å². The fourth-order valence-corrected chi connectivity index (χ4v) is 1.65. The van der Waals surface area contributed by atoms with Crippen molar-refractivity contribution in [2.75, 3.05) is 0 Å². The van der Waals surface area contributed by atoms with Gasteiger partial charge in [-0.05, 0) is 19.4 Å². The predicted molar refractivity (Wildman–Crippen MR) is 76.1 cm³/mol. The number of carboxylic acid groups (broad SMARTS) is 1. The van der Waals surface area contributed by atoms with Crippen LogP contribution in [0.3, 0.4) is 0 Å². The zero-order valence-corrected chi connectivity index (χ0v) is 11.5. The topological polar surface area (TPSA) is 78.4 Å². The van der Waals surface area contributed by atoms with Crippen molar-refractivity contribution in [1.29, 1.82) is 0 Å². The molecule has 1 aromatic rings. The van der Waals surface area contributed by atoms with Crippen LogP contribution in [0.25, 0.3) is 0 Å². The summed E-state index contributed by atoms with van der Waals surface area (Å²) >= 11 is 0. The number of nitrogens with one attached hydrogen (secondary N) is 2. The standard InChI is InChI=1S/C15H18N2O3/c1-4-5-13(14(18)19)17-15(20)16-11(3)12-8-6-10(2)7-9-12/h1,6-9,11,13H,5H2,2-3H3,(H,18,19)(H2,16,17,20). The average molecular weight is 274 g/mol. The number of carbonyl (C=O) groups excluding carboxylic acids is 1. The highest BCUT2D eigenvalue weighted by molar-refractivity contribution is 5.82. The van der Waals surface area contributed by atoms with Crippen LogP contribution >= 0.6 is 0 Å². The van der Waals surface area contributed by atoms with E-state index in [1.807, 2.05) is 38.1 Å². The van der Waals surface area contributed by atoms with Crippen molar-refractivity contribution in [1.82, 2.24) is 10.6 Å². The molecule has 1 aromatic carbocycles. The maximum Gasteiger partial charge on any atom is 0.327 e. The number of rotatable bonds is 5. The Bertz CT molecular complexity index is 517. The fourth-order valence-electron chi connectivity index (χ4n) is 1.65. The normalized spacial score (nSPS) is 12.8. The van der Waals surface area contributed by atoms with E-state index in [1.165, 1.54) is 0 Å². The number of hydrogen-bond acceptors (Lipinski definition) is 2. The maximum absolute atomic E-state index is 11.7. The summed E-state index contributed by atoms with van der Waals surface area (Å²) in [5, 5.41) is 13.9. The Morgan fingerprint density at radius 2 is 1.90 bits per heavy atom. The lowest BCUT2D eigenvalue weighted by Crippen LogP contribution is -2.46. The van der Waals surface area contributed by atoms with Gasteiger partial charge in [-0.2, -0.15) is 0 Å². The van der Waals surface area contributed by atoms with Gasteiger partial charge < -0.3 is 15.7 Å². The molecule has 5 heteroatoms. The molecule has 2 atom stereocenters.